The molecule has 98 valence electrons. The van der Waals surface area contributed by atoms with E-state index in [0.717, 1.165) is 30.9 Å². The van der Waals surface area contributed by atoms with Crippen LogP contribution < -0.4 is 5.32 Å². The number of nitrogens with zero attached hydrogens (tertiary/aromatic N) is 3. The number of aromatic nitrogens is 3. The lowest BCUT2D eigenvalue weighted by molar-refractivity contribution is 0.582. The van der Waals surface area contributed by atoms with Crippen LogP contribution in [0.5, 0.6) is 0 Å². The Morgan fingerprint density at radius 3 is 2.89 bits per heavy atom. The van der Waals surface area contributed by atoms with Crippen molar-refractivity contribution in [1.29, 1.82) is 0 Å². The molecule has 18 heavy (non-hydrogen) atoms. The van der Waals surface area contributed by atoms with Crippen LogP contribution in [0.3, 0.4) is 0 Å². The SMILES string of the molecule is Cc1ncsc1CCn1cnc(CNC(C)C)c1. The van der Waals surface area contributed by atoms with Crippen LogP contribution in [0.1, 0.15) is 30.1 Å². The maximum absolute atomic E-state index is 4.40. The van der Waals surface area contributed by atoms with E-state index in [0.29, 0.717) is 6.04 Å². The first-order chi connectivity index (χ1) is 8.65. The highest BCUT2D eigenvalue weighted by molar-refractivity contribution is 7.09. The number of thiazole rings is 1. The summed E-state index contributed by atoms with van der Waals surface area (Å²) in [5, 5.41) is 3.37. The fourth-order valence-electron chi connectivity index (χ4n) is 1.73. The molecule has 2 aromatic rings. The zero-order chi connectivity index (χ0) is 13.0. The van der Waals surface area contributed by atoms with Crippen LogP contribution >= 0.6 is 11.3 Å². The predicted octanol–water partition coefficient (Wildman–Crippen LogP) is 2.39. The van der Waals surface area contributed by atoms with E-state index in [9.17, 15) is 0 Å². The van der Waals surface area contributed by atoms with Gasteiger partial charge in [0.15, 0.2) is 0 Å². The van der Waals surface area contributed by atoms with Gasteiger partial charge in [0.05, 0.1) is 23.2 Å². The molecule has 0 aliphatic rings. The average Bonchev–Trinajstić information content (AvgIpc) is 2.93. The second kappa shape index (κ2) is 6.11. The van der Waals surface area contributed by atoms with E-state index >= 15 is 0 Å². The molecule has 2 rings (SSSR count). The summed E-state index contributed by atoms with van der Waals surface area (Å²) in [7, 11) is 0. The minimum Gasteiger partial charge on any atom is -0.337 e. The highest BCUT2D eigenvalue weighted by Crippen LogP contribution is 2.13. The molecule has 0 saturated carbocycles. The molecule has 2 heterocycles. The summed E-state index contributed by atoms with van der Waals surface area (Å²) in [5.41, 5.74) is 4.17. The first-order valence-corrected chi connectivity index (χ1v) is 7.16. The zero-order valence-corrected chi connectivity index (χ0v) is 12.0. The van der Waals surface area contributed by atoms with E-state index in [4.69, 9.17) is 0 Å². The van der Waals surface area contributed by atoms with Crippen LogP contribution in [-0.4, -0.2) is 20.6 Å². The van der Waals surface area contributed by atoms with Crippen LogP contribution in [0.15, 0.2) is 18.0 Å². The van der Waals surface area contributed by atoms with E-state index in [1.54, 1.807) is 11.3 Å². The quantitative estimate of drug-likeness (QED) is 0.871. The summed E-state index contributed by atoms with van der Waals surface area (Å²) in [6, 6.07) is 0.495. The van der Waals surface area contributed by atoms with Gasteiger partial charge in [-0.3, -0.25) is 0 Å². The van der Waals surface area contributed by atoms with Gasteiger partial charge in [0.25, 0.3) is 0 Å². The van der Waals surface area contributed by atoms with E-state index in [2.05, 4.69) is 46.8 Å². The molecule has 0 atom stereocenters. The first kappa shape index (κ1) is 13.2. The van der Waals surface area contributed by atoms with Crippen molar-refractivity contribution in [3.63, 3.8) is 0 Å². The summed E-state index contributed by atoms with van der Waals surface area (Å²) in [4.78, 5) is 10.0. The molecular formula is C13H20N4S. The van der Waals surface area contributed by atoms with Crippen molar-refractivity contribution in [3.05, 3.63) is 34.3 Å². The van der Waals surface area contributed by atoms with Gasteiger partial charge in [0, 0.05) is 36.6 Å². The van der Waals surface area contributed by atoms with Gasteiger partial charge in [-0.15, -0.1) is 11.3 Å². The fraction of sp³-hybridized carbons (Fsp3) is 0.538. The Kier molecular flexibility index (Phi) is 4.49. The lowest BCUT2D eigenvalue weighted by Gasteiger charge is -2.05. The van der Waals surface area contributed by atoms with Crippen molar-refractivity contribution in [3.8, 4) is 0 Å². The molecule has 0 bridgehead atoms. The van der Waals surface area contributed by atoms with E-state index in [1.165, 1.54) is 4.88 Å². The Hall–Kier alpha value is -1.20. The molecule has 0 spiro atoms. The van der Waals surface area contributed by atoms with Crippen molar-refractivity contribution in [2.45, 2.75) is 46.3 Å². The highest BCUT2D eigenvalue weighted by atomic mass is 32.1. The zero-order valence-electron chi connectivity index (χ0n) is 11.2. The van der Waals surface area contributed by atoms with Gasteiger partial charge < -0.3 is 9.88 Å². The third-order valence-corrected chi connectivity index (χ3v) is 3.81. The largest absolute Gasteiger partial charge is 0.337 e. The van der Waals surface area contributed by atoms with Crippen LogP contribution in [0, 0.1) is 6.92 Å². The second-order valence-electron chi connectivity index (χ2n) is 4.75. The Balaban J connectivity index is 1.85. The molecule has 1 N–H and O–H groups in total. The molecule has 0 aliphatic carbocycles. The smallest absolute Gasteiger partial charge is 0.0950 e. The minimum atomic E-state index is 0.495. The number of aryl methyl sites for hydroxylation is 3. The molecule has 0 fully saturated rings. The van der Waals surface area contributed by atoms with Gasteiger partial charge in [-0.25, -0.2) is 9.97 Å². The molecule has 0 saturated heterocycles. The summed E-state index contributed by atoms with van der Waals surface area (Å²) in [5.74, 6) is 0. The molecule has 0 unspecified atom stereocenters. The van der Waals surface area contributed by atoms with E-state index < -0.39 is 0 Å². The van der Waals surface area contributed by atoms with Gasteiger partial charge in [-0.1, -0.05) is 13.8 Å². The molecule has 4 nitrogen and oxygen atoms in total. The number of rotatable bonds is 6. The van der Waals surface area contributed by atoms with Crippen molar-refractivity contribution in [2.24, 2.45) is 0 Å². The lowest BCUT2D eigenvalue weighted by Crippen LogP contribution is -2.21. The van der Waals surface area contributed by atoms with Crippen molar-refractivity contribution < 1.29 is 0 Å². The van der Waals surface area contributed by atoms with Crippen LogP contribution in [0.25, 0.3) is 0 Å². The number of imidazole rings is 1. The third-order valence-electron chi connectivity index (χ3n) is 2.82. The normalized spacial score (nSPS) is 11.3. The summed E-state index contributed by atoms with van der Waals surface area (Å²) in [6.45, 7) is 8.16. The van der Waals surface area contributed by atoms with Gasteiger partial charge in [-0.2, -0.15) is 0 Å². The standard InChI is InChI=1S/C13H20N4S/c1-10(2)14-6-12-7-17(8-15-12)5-4-13-11(3)16-9-18-13/h7-10,14H,4-6H2,1-3H3. The van der Waals surface area contributed by atoms with Crippen molar-refractivity contribution in [1.82, 2.24) is 19.9 Å². The average molecular weight is 264 g/mol. The summed E-state index contributed by atoms with van der Waals surface area (Å²) in [6.07, 6.45) is 5.06. The number of hydrogen-bond donors (Lipinski definition) is 1. The third kappa shape index (κ3) is 3.65. The molecule has 2 aromatic heterocycles. The predicted molar refractivity (Wildman–Crippen MR) is 74.8 cm³/mol. The van der Waals surface area contributed by atoms with Crippen LogP contribution in [0.4, 0.5) is 0 Å². The minimum absolute atomic E-state index is 0.495. The maximum Gasteiger partial charge on any atom is 0.0950 e. The van der Waals surface area contributed by atoms with Gasteiger partial charge in [0.2, 0.25) is 0 Å². The monoisotopic (exact) mass is 264 g/mol. The Morgan fingerprint density at radius 1 is 1.39 bits per heavy atom. The summed E-state index contributed by atoms with van der Waals surface area (Å²) >= 11 is 1.73. The Bertz CT molecular complexity index is 487. The van der Waals surface area contributed by atoms with E-state index in [-0.39, 0.29) is 0 Å². The van der Waals surface area contributed by atoms with E-state index in [1.807, 2.05) is 11.8 Å². The number of hydrogen-bond acceptors (Lipinski definition) is 4. The van der Waals surface area contributed by atoms with Crippen LogP contribution in [0.2, 0.25) is 0 Å². The van der Waals surface area contributed by atoms with Gasteiger partial charge in [0.1, 0.15) is 0 Å². The molecule has 0 amide bonds. The molecule has 0 radical (unpaired) electrons. The van der Waals surface area contributed by atoms with Crippen molar-refractivity contribution >= 4 is 11.3 Å². The lowest BCUT2D eigenvalue weighted by atomic mass is 10.3. The fourth-order valence-corrected chi connectivity index (χ4v) is 2.50. The molecule has 5 heteroatoms. The van der Waals surface area contributed by atoms with Crippen molar-refractivity contribution in [2.75, 3.05) is 0 Å². The number of nitrogens with one attached hydrogen (secondary N) is 1. The summed E-state index contributed by atoms with van der Waals surface area (Å²) < 4.78 is 2.15. The van der Waals surface area contributed by atoms with Crippen LogP contribution in [-0.2, 0) is 19.5 Å². The maximum atomic E-state index is 4.40. The molecular weight excluding hydrogens is 244 g/mol. The Labute approximate surface area is 112 Å². The van der Waals surface area contributed by atoms with Gasteiger partial charge in [-0.05, 0) is 6.92 Å². The first-order valence-electron chi connectivity index (χ1n) is 6.28. The second-order valence-corrected chi connectivity index (χ2v) is 5.69. The molecule has 0 aliphatic heterocycles. The molecule has 0 aromatic carbocycles. The Morgan fingerprint density at radius 2 is 2.22 bits per heavy atom. The highest BCUT2D eigenvalue weighted by Gasteiger charge is 2.03. The topological polar surface area (TPSA) is 42.7 Å². The van der Waals surface area contributed by atoms with Gasteiger partial charge >= 0.3 is 0 Å².